The standard InChI is InChI=1S/C14H5F10NO/c15-3-1(4(16)8(20)11(23)7(3)19)13(25)14(26)2-5(17)9(21)12(24)10(22)6(2)18/h13-14,26H,25H2/t13-,14+/m0/s1. The van der Waals surface area contributed by atoms with Crippen LogP contribution in [-0.4, -0.2) is 5.11 Å². The minimum absolute atomic E-state index is 1.90. The Balaban J connectivity index is 2.69. The highest BCUT2D eigenvalue weighted by molar-refractivity contribution is 5.32. The van der Waals surface area contributed by atoms with E-state index in [1.807, 2.05) is 0 Å². The molecule has 0 aliphatic heterocycles. The predicted molar refractivity (Wildman–Crippen MR) is 64.4 cm³/mol. The van der Waals surface area contributed by atoms with E-state index in [0.717, 1.165) is 0 Å². The van der Waals surface area contributed by atoms with Gasteiger partial charge in [-0.1, -0.05) is 0 Å². The van der Waals surface area contributed by atoms with Crippen LogP contribution in [0.15, 0.2) is 0 Å². The summed E-state index contributed by atoms with van der Waals surface area (Å²) in [6.07, 6.45) is -3.05. The van der Waals surface area contributed by atoms with Crippen LogP contribution in [0.3, 0.4) is 0 Å². The Hall–Kier alpha value is -2.34. The van der Waals surface area contributed by atoms with Crippen molar-refractivity contribution in [3.05, 3.63) is 69.3 Å². The number of benzene rings is 2. The van der Waals surface area contributed by atoms with Crippen LogP contribution >= 0.6 is 0 Å². The van der Waals surface area contributed by atoms with Gasteiger partial charge in [0, 0.05) is 5.56 Å². The van der Waals surface area contributed by atoms with Crippen LogP contribution in [0.25, 0.3) is 0 Å². The summed E-state index contributed by atoms with van der Waals surface area (Å²) in [6.45, 7) is 0. The van der Waals surface area contributed by atoms with Crippen LogP contribution in [0.4, 0.5) is 43.9 Å². The Labute approximate surface area is 137 Å². The van der Waals surface area contributed by atoms with Crippen molar-refractivity contribution in [2.24, 2.45) is 5.73 Å². The number of rotatable bonds is 3. The van der Waals surface area contributed by atoms with Crippen molar-refractivity contribution in [2.75, 3.05) is 0 Å². The Bertz CT molecular complexity index is 769. The van der Waals surface area contributed by atoms with Gasteiger partial charge in [-0.2, -0.15) is 0 Å². The van der Waals surface area contributed by atoms with Gasteiger partial charge in [0.25, 0.3) is 0 Å². The molecule has 2 rings (SSSR count). The van der Waals surface area contributed by atoms with Crippen LogP contribution in [-0.2, 0) is 0 Å². The Morgan fingerprint density at radius 2 is 0.692 bits per heavy atom. The third-order valence-electron chi connectivity index (χ3n) is 3.46. The molecule has 0 fully saturated rings. The highest BCUT2D eigenvalue weighted by Crippen LogP contribution is 2.37. The lowest BCUT2D eigenvalue weighted by atomic mass is 9.94. The minimum atomic E-state index is -3.05. The molecule has 2 aromatic carbocycles. The molecular formula is C14H5F10NO. The molecule has 0 spiro atoms. The van der Waals surface area contributed by atoms with E-state index in [4.69, 9.17) is 5.73 Å². The van der Waals surface area contributed by atoms with Crippen LogP contribution in [0.2, 0.25) is 0 Å². The van der Waals surface area contributed by atoms with Crippen LogP contribution in [0, 0.1) is 58.2 Å². The SMILES string of the molecule is N[C@@H](c1c(F)c(F)c(F)c(F)c1F)[C@H](O)c1c(F)c(F)c(F)c(F)c1F. The van der Waals surface area contributed by atoms with Gasteiger partial charge in [0.15, 0.2) is 46.5 Å². The van der Waals surface area contributed by atoms with Gasteiger partial charge in [-0.15, -0.1) is 0 Å². The molecule has 0 saturated carbocycles. The van der Waals surface area contributed by atoms with Gasteiger partial charge in [0.05, 0.1) is 11.6 Å². The molecule has 12 heteroatoms. The molecule has 3 N–H and O–H groups in total. The molecule has 2 atom stereocenters. The zero-order chi connectivity index (χ0) is 20.1. The fourth-order valence-electron chi connectivity index (χ4n) is 2.13. The van der Waals surface area contributed by atoms with Gasteiger partial charge in [-0.25, -0.2) is 43.9 Å². The quantitative estimate of drug-likeness (QED) is 0.473. The molecular weight excluding hydrogens is 388 g/mol. The number of hydrogen-bond donors (Lipinski definition) is 2. The lowest BCUT2D eigenvalue weighted by Crippen LogP contribution is -2.26. The topological polar surface area (TPSA) is 46.2 Å². The molecule has 0 aliphatic carbocycles. The molecule has 142 valence electrons. The van der Waals surface area contributed by atoms with Crippen LogP contribution in [0.5, 0.6) is 0 Å². The molecule has 0 bridgehead atoms. The van der Waals surface area contributed by atoms with E-state index in [2.05, 4.69) is 0 Å². The monoisotopic (exact) mass is 393 g/mol. The predicted octanol–water partition coefficient (Wildman–Crippen LogP) is 3.81. The summed E-state index contributed by atoms with van der Waals surface area (Å²) in [5.74, 6) is -25.4. The van der Waals surface area contributed by atoms with Crippen molar-refractivity contribution in [2.45, 2.75) is 12.1 Å². The summed E-state index contributed by atoms with van der Waals surface area (Å²) in [5.41, 5.74) is 1.17. The summed E-state index contributed by atoms with van der Waals surface area (Å²) in [5, 5.41) is 9.71. The molecule has 2 nitrogen and oxygen atoms in total. The minimum Gasteiger partial charge on any atom is -0.386 e. The molecule has 2 aromatic rings. The lowest BCUT2D eigenvalue weighted by Gasteiger charge is -2.22. The largest absolute Gasteiger partial charge is 0.386 e. The molecule has 0 aromatic heterocycles. The Kier molecular flexibility index (Phi) is 5.19. The number of nitrogens with two attached hydrogens (primary N) is 1. The molecule has 0 aliphatic rings. The summed E-state index contributed by atoms with van der Waals surface area (Å²) < 4.78 is 133. The molecule has 0 amide bonds. The van der Waals surface area contributed by atoms with Crippen molar-refractivity contribution >= 4 is 0 Å². The first kappa shape index (κ1) is 20.0. The Morgan fingerprint density at radius 1 is 0.462 bits per heavy atom. The van der Waals surface area contributed by atoms with Crippen molar-refractivity contribution in [3.8, 4) is 0 Å². The number of halogens is 10. The highest BCUT2D eigenvalue weighted by atomic mass is 19.2. The lowest BCUT2D eigenvalue weighted by molar-refractivity contribution is 0.129. The molecule has 0 saturated heterocycles. The van der Waals surface area contributed by atoms with E-state index in [-0.39, 0.29) is 0 Å². The van der Waals surface area contributed by atoms with Gasteiger partial charge < -0.3 is 10.8 Å². The zero-order valence-electron chi connectivity index (χ0n) is 12.0. The Morgan fingerprint density at radius 3 is 1.00 bits per heavy atom. The average molecular weight is 393 g/mol. The maximum absolute atomic E-state index is 13.6. The third kappa shape index (κ3) is 2.78. The normalized spacial score (nSPS) is 13.8. The second-order valence-electron chi connectivity index (χ2n) is 4.94. The number of aliphatic hydroxyl groups is 1. The second-order valence-corrected chi connectivity index (χ2v) is 4.94. The molecule has 26 heavy (non-hydrogen) atoms. The maximum atomic E-state index is 13.6. The van der Waals surface area contributed by atoms with Gasteiger partial charge >= 0.3 is 0 Å². The van der Waals surface area contributed by atoms with E-state index in [1.54, 1.807) is 0 Å². The first-order valence-electron chi connectivity index (χ1n) is 6.39. The summed E-state index contributed by atoms with van der Waals surface area (Å²) in [6, 6.07) is -2.77. The van der Waals surface area contributed by atoms with Crippen molar-refractivity contribution < 1.29 is 49.0 Å². The summed E-state index contributed by atoms with van der Waals surface area (Å²) in [4.78, 5) is 0. The average Bonchev–Trinajstić information content (AvgIpc) is 2.61. The smallest absolute Gasteiger partial charge is 0.200 e. The molecule has 0 heterocycles. The zero-order valence-corrected chi connectivity index (χ0v) is 12.0. The van der Waals surface area contributed by atoms with Crippen molar-refractivity contribution in [1.82, 2.24) is 0 Å². The summed E-state index contributed by atoms with van der Waals surface area (Å²) in [7, 11) is 0. The van der Waals surface area contributed by atoms with E-state index in [0.29, 0.717) is 0 Å². The maximum Gasteiger partial charge on any atom is 0.200 e. The van der Waals surface area contributed by atoms with E-state index in [9.17, 15) is 49.0 Å². The van der Waals surface area contributed by atoms with Crippen LogP contribution < -0.4 is 5.73 Å². The van der Waals surface area contributed by atoms with Crippen LogP contribution in [0.1, 0.15) is 23.3 Å². The fourth-order valence-corrected chi connectivity index (χ4v) is 2.13. The van der Waals surface area contributed by atoms with Gasteiger partial charge in [0.2, 0.25) is 11.6 Å². The first-order valence-corrected chi connectivity index (χ1v) is 6.39. The highest BCUT2D eigenvalue weighted by Gasteiger charge is 2.37. The van der Waals surface area contributed by atoms with E-state index < -0.39 is 81.4 Å². The third-order valence-corrected chi connectivity index (χ3v) is 3.46. The van der Waals surface area contributed by atoms with Gasteiger partial charge in [-0.05, 0) is 0 Å². The van der Waals surface area contributed by atoms with E-state index in [1.165, 1.54) is 0 Å². The van der Waals surface area contributed by atoms with Gasteiger partial charge in [0.1, 0.15) is 6.10 Å². The fraction of sp³-hybridized carbons (Fsp3) is 0.143. The molecule has 0 radical (unpaired) electrons. The first-order chi connectivity index (χ1) is 11.9. The number of hydrogen-bond acceptors (Lipinski definition) is 2. The summed E-state index contributed by atoms with van der Waals surface area (Å²) >= 11 is 0. The van der Waals surface area contributed by atoms with Crippen molar-refractivity contribution in [1.29, 1.82) is 0 Å². The number of aliphatic hydroxyl groups excluding tert-OH is 1. The second kappa shape index (κ2) is 6.76. The van der Waals surface area contributed by atoms with E-state index >= 15 is 0 Å². The van der Waals surface area contributed by atoms with Gasteiger partial charge in [-0.3, -0.25) is 0 Å². The van der Waals surface area contributed by atoms with Crippen molar-refractivity contribution in [3.63, 3.8) is 0 Å². The molecule has 0 unspecified atom stereocenters.